The third-order valence-corrected chi connectivity index (χ3v) is 3.82. The van der Waals surface area contributed by atoms with E-state index in [-0.39, 0.29) is 11.9 Å². The van der Waals surface area contributed by atoms with Gasteiger partial charge < -0.3 is 9.88 Å². The molecule has 1 N–H and O–H groups in total. The predicted octanol–water partition coefficient (Wildman–Crippen LogP) is 1.95. The lowest BCUT2D eigenvalue weighted by molar-refractivity contribution is -0.121. The van der Waals surface area contributed by atoms with Crippen LogP contribution in [0.2, 0.25) is 0 Å². The van der Waals surface area contributed by atoms with Crippen molar-refractivity contribution in [2.24, 2.45) is 0 Å². The number of hydrogen-bond donors (Lipinski definition) is 1. The van der Waals surface area contributed by atoms with Crippen molar-refractivity contribution in [1.29, 1.82) is 0 Å². The fraction of sp³-hybridized carbons (Fsp3) is 0.375. The number of hydrogen-bond acceptors (Lipinski definition) is 2. The molecule has 1 aromatic carbocycles. The molecule has 0 saturated carbocycles. The van der Waals surface area contributed by atoms with E-state index >= 15 is 0 Å². The largest absolute Gasteiger partial charge is 0.353 e. The SMILES string of the molecule is O=C(CCc1ccccc1)NC1CCn2cncc2C1. The minimum absolute atomic E-state index is 0.145. The Kier molecular flexibility index (Phi) is 3.81. The van der Waals surface area contributed by atoms with E-state index in [2.05, 4.69) is 27.0 Å². The highest BCUT2D eigenvalue weighted by Crippen LogP contribution is 2.14. The minimum atomic E-state index is 0.145. The molecule has 104 valence electrons. The maximum Gasteiger partial charge on any atom is 0.220 e. The Morgan fingerprint density at radius 1 is 1.35 bits per heavy atom. The van der Waals surface area contributed by atoms with Crippen molar-refractivity contribution in [2.45, 2.75) is 38.3 Å². The maximum atomic E-state index is 12.0. The standard InChI is InChI=1S/C16H19N3O/c20-16(7-6-13-4-2-1-3-5-13)18-14-8-9-19-12-17-11-15(19)10-14/h1-5,11-12,14H,6-10H2,(H,18,20). The van der Waals surface area contributed by atoms with Crippen molar-refractivity contribution < 1.29 is 4.79 Å². The summed E-state index contributed by atoms with van der Waals surface area (Å²) in [4.78, 5) is 16.1. The summed E-state index contributed by atoms with van der Waals surface area (Å²) in [5.74, 6) is 0.145. The molecule has 1 aliphatic rings. The molecule has 1 unspecified atom stereocenters. The van der Waals surface area contributed by atoms with Crippen LogP contribution < -0.4 is 5.32 Å². The van der Waals surface area contributed by atoms with Crippen LogP contribution in [-0.2, 0) is 24.2 Å². The second-order valence-corrected chi connectivity index (χ2v) is 5.32. The monoisotopic (exact) mass is 269 g/mol. The smallest absolute Gasteiger partial charge is 0.220 e. The number of carbonyl (C=O) groups is 1. The highest BCUT2D eigenvalue weighted by molar-refractivity contribution is 5.76. The van der Waals surface area contributed by atoms with Crippen LogP contribution in [-0.4, -0.2) is 21.5 Å². The molecule has 1 aliphatic heterocycles. The summed E-state index contributed by atoms with van der Waals surface area (Å²) in [6.45, 7) is 0.943. The van der Waals surface area contributed by atoms with E-state index < -0.39 is 0 Å². The van der Waals surface area contributed by atoms with Gasteiger partial charge in [0.25, 0.3) is 0 Å². The maximum absolute atomic E-state index is 12.0. The summed E-state index contributed by atoms with van der Waals surface area (Å²) in [7, 11) is 0. The second-order valence-electron chi connectivity index (χ2n) is 5.32. The summed E-state index contributed by atoms with van der Waals surface area (Å²) in [6.07, 6.45) is 6.99. The molecule has 0 spiro atoms. The van der Waals surface area contributed by atoms with Crippen LogP contribution >= 0.6 is 0 Å². The first-order valence-corrected chi connectivity index (χ1v) is 7.13. The van der Waals surface area contributed by atoms with Crippen LogP contribution in [0.15, 0.2) is 42.9 Å². The van der Waals surface area contributed by atoms with Gasteiger partial charge in [0.2, 0.25) is 5.91 Å². The number of aromatic nitrogens is 2. The fourth-order valence-corrected chi connectivity index (χ4v) is 2.69. The zero-order valence-corrected chi connectivity index (χ0v) is 11.5. The Labute approximate surface area is 118 Å². The summed E-state index contributed by atoms with van der Waals surface area (Å²) < 4.78 is 2.16. The molecule has 0 bridgehead atoms. The van der Waals surface area contributed by atoms with Gasteiger partial charge >= 0.3 is 0 Å². The Morgan fingerprint density at radius 2 is 2.20 bits per heavy atom. The quantitative estimate of drug-likeness (QED) is 0.922. The number of rotatable bonds is 4. The van der Waals surface area contributed by atoms with E-state index in [9.17, 15) is 4.79 Å². The molecular formula is C16H19N3O. The van der Waals surface area contributed by atoms with Crippen molar-refractivity contribution in [3.8, 4) is 0 Å². The van der Waals surface area contributed by atoms with Gasteiger partial charge in [0, 0.05) is 37.3 Å². The van der Waals surface area contributed by atoms with Crippen molar-refractivity contribution in [3.05, 3.63) is 54.1 Å². The zero-order valence-electron chi connectivity index (χ0n) is 11.5. The molecule has 1 atom stereocenters. The van der Waals surface area contributed by atoms with Crippen LogP contribution in [0.5, 0.6) is 0 Å². The second kappa shape index (κ2) is 5.90. The van der Waals surface area contributed by atoms with Crippen molar-refractivity contribution in [1.82, 2.24) is 14.9 Å². The van der Waals surface area contributed by atoms with Gasteiger partial charge in [-0.25, -0.2) is 4.98 Å². The predicted molar refractivity (Wildman–Crippen MR) is 77.2 cm³/mol. The summed E-state index contributed by atoms with van der Waals surface area (Å²) >= 11 is 0. The van der Waals surface area contributed by atoms with Gasteiger partial charge in [0.15, 0.2) is 0 Å². The minimum Gasteiger partial charge on any atom is -0.353 e. The normalized spacial score (nSPS) is 17.5. The molecule has 1 aromatic heterocycles. The molecule has 0 saturated heterocycles. The summed E-state index contributed by atoms with van der Waals surface area (Å²) in [5, 5.41) is 3.14. The lowest BCUT2D eigenvalue weighted by Gasteiger charge is -2.24. The van der Waals surface area contributed by atoms with Crippen LogP contribution in [0.25, 0.3) is 0 Å². The van der Waals surface area contributed by atoms with Gasteiger partial charge in [0.1, 0.15) is 0 Å². The first-order valence-electron chi connectivity index (χ1n) is 7.13. The number of carbonyl (C=O) groups excluding carboxylic acids is 1. The molecule has 4 heteroatoms. The molecule has 20 heavy (non-hydrogen) atoms. The first-order chi connectivity index (χ1) is 9.81. The molecule has 4 nitrogen and oxygen atoms in total. The number of nitrogens with zero attached hydrogens (tertiary/aromatic N) is 2. The number of benzene rings is 1. The Hall–Kier alpha value is -2.10. The molecule has 2 aromatic rings. The van der Waals surface area contributed by atoms with Crippen LogP contribution in [0.3, 0.4) is 0 Å². The van der Waals surface area contributed by atoms with Crippen LogP contribution in [0.1, 0.15) is 24.1 Å². The number of amides is 1. The van der Waals surface area contributed by atoms with Crippen molar-refractivity contribution >= 4 is 5.91 Å². The first kappa shape index (κ1) is 12.9. The van der Waals surface area contributed by atoms with E-state index in [1.54, 1.807) is 0 Å². The zero-order chi connectivity index (χ0) is 13.8. The van der Waals surface area contributed by atoms with Crippen LogP contribution in [0, 0.1) is 0 Å². The van der Waals surface area contributed by atoms with E-state index in [4.69, 9.17) is 0 Å². The van der Waals surface area contributed by atoms with E-state index in [1.165, 1.54) is 11.3 Å². The number of imidazole rings is 1. The Balaban J connectivity index is 1.48. The van der Waals surface area contributed by atoms with Gasteiger partial charge in [-0.15, -0.1) is 0 Å². The summed E-state index contributed by atoms with van der Waals surface area (Å²) in [6, 6.07) is 10.4. The molecule has 0 radical (unpaired) electrons. The van der Waals surface area contributed by atoms with E-state index in [0.717, 1.165) is 25.8 Å². The van der Waals surface area contributed by atoms with Gasteiger partial charge in [-0.2, -0.15) is 0 Å². The average molecular weight is 269 g/mol. The third kappa shape index (κ3) is 3.07. The van der Waals surface area contributed by atoms with Gasteiger partial charge in [-0.1, -0.05) is 30.3 Å². The third-order valence-electron chi connectivity index (χ3n) is 3.82. The molecule has 1 amide bonds. The van der Waals surface area contributed by atoms with Gasteiger partial charge in [-0.05, 0) is 18.4 Å². The molecular weight excluding hydrogens is 250 g/mol. The van der Waals surface area contributed by atoms with Crippen molar-refractivity contribution in [2.75, 3.05) is 0 Å². The van der Waals surface area contributed by atoms with E-state index in [0.29, 0.717) is 6.42 Å². The van der Waals surface area contributed by atoms with Gasteiger partial charge in [-0.3, -0.25) is 4.79 Å². The summed E-state index contributed by atoms with van der Waals surface area (Å²) in [5.41, 5.74) is 2.42. The topological polar surface area (TPSA) is 46.9 Å². The Bertz CT molecular complexity index is 576. The van der Waals surface area contributed by atoms with Crippen LogP contribution in [0.4, 0.5) is 0 Å². The molecule has 0 fully saturated rings. The average Bonchev–Trinajstić information content (AvgIpc) is 2.94. The number of fused-ring (bicyclic) bond motifs is 1. The molecule has 3 rings (SSSR count). The Morgan fingerprint density at radius 3 is 3.05 bits per heavy atom. The number of aryl methyl sites for hydroxylation is 2. The lowest BCUT2D eigenvalue weighted by Crippen LogP contribution is -2.40. The van der Waals surface area contributed by atoms with Gasteiger partial charge in [0.05, 0.1) is 6.33 Å². The van der Waals surface area contributed by atoms with E-state index in [1.807, 2.05) is 30.7 Å². The molecule has 2 heterocycles. The lowest BCUT2D eigenvalue weighted by atomic mass is 10.0. The number of nitrogens with one attached hydrogen (secondary N) is 1. The fourth-order valence-electron chi connectivity index (χ4n) is 2.69. The highest BCUT2D eigenvalue weighted by atomic mass is 16.1. The molecule has 0 aliphatic carbocycles. The highest BCUT2D eigenvalue weighted by Gasteiger charge is 2.19. The van der Waals surface area contributed by atoms with Crippen molar-refractivity contribution in [3.63, 3.8) is 0 Å².